The first-order chi connectivity index (χ1) is 17.2. The third kappa shape index (κ3) is 9.02. The molecule has 3 N–H and O–H groups in total. The zero-order valence-electron chi connectivity index (χ0n) is 23.4. The normalized spacial score (nSPS) is 11.4. The van der Waals surface area contributed by atoms with E-state index in [9.17, 15) is 15.3 Å². The Morgan fingerprint density at radius 2 is 1.08 bits per heavy atom. The lowest BCUT2D eigenvalue weighted by Gasteiger charge is -2.12. The van der Waals surface area contributed by atoms with Crippen molar-refractivity contribution in [2.45, 2.75) is 87.0 Å². The molecule has 0 aliphatic heterocycles. The van der Waals surface area contributed by atoms with Gasteiger partial charge in [-0.1, -0.05) is 69.4 Å². The molecule has 0 radical (unpaired) electrons. The van der Waals surface area contributed by atoms with Crippen molar-refractivity contribution in [1.29, 1.82) is 0 Å². The van der Waals surface area contributed by atoms with Crippen LogP contribution < -0.4 is 0 Å². The van der Waals surface area contributed by atoms with Gasteiger partial charge in [0.05, 0.1) is 0 Å². The number of aryl methyl sites for hydroxylation is 3. The Morgan fingerprint density at radius 3 is 1.51 bits per heavy atom. The molecule has 0 bridgehead atoms. The highest BCUT2D eigenvalue weighted by atomic mass is 35.5. The highest BCUT2D eigenvalue weighted by Crippen LogP contribution is 2.33. The molecule has 1 atom stereocenters. The highest BCUT2D eigenvalue weighted by Gasteiger charge is 2.11. The number of rotatable bonds is 4. The molecule has 0 aliphatic rings. The fourth-order valence-corrected chi connectivity index (χ4v) is 4.38. The average Bonchev–Trinajstić information content (AvgIpc) is 2.82. The Hall–Kier alpha value is -2.07. The van der Waals surface area contributed by atoms with E-state index in [0.29, 0.717) is 29.1 Å². The zero-order chi connectivity index (χ0) is 28.6. The van der Waals surface area contributed by atoms with Crippen molar-refractivity contribution < 1.29 is 15.3 Å². The van der Waals surface area contributed by atoms with Gasteiger partial charge in [0.25, 0.3) is 0 Å². The van der Waals surface area contributed by atoms with Crippen LogP contribution in [0.5, 0.6) is 17.2 Å². The van der Waals surface area contributed by atoms with Crippen LogP contribution in [0.25, 0.3) is 0 Å². The number of phenols is 3. The van der Waals surface area contributed by atoms with E-state index in [1.54, 1.807) is 18.2 Å². The molecule has 0 heterocycles. The second-order valence-corrected chi connectivity index (χ2v) is 11.0. The Labute approximate surface area is 238 Å². The van der Waals surface area contributed by atoms with Gasteiger partial charge >= 0.3 is 0 Å². The molecular formula is C31H41Cl3O3. The quantitative estimate of drug-likeness (QED) is 0.294. The molecule has 0 amide bonds. The third-order valence-electron chi connectivity index (χ3n) is 6.53. The smallest absolute Gasteiger partial charge is 0.119 e. The number of aromatic hydroxyl groups is 3. The molecule has 3 aromatic rings. The largest absolute Gasteiger partial charge is 0.508 e. The minimum atomic E-state index is 0.308. The van der Waals surface area contributed by atoms with Crippen LogP contribution in [0.3, 0.4) is 0 Å². The van der Waals surface area contributed by atoms with Crippen molar-refractivity contribution >= 4 is 34.8 Å². The van der Waals surface area contributed by atoms with Gasteiger partial charge in [-0.15, -0.1) is 0 Å². The van der Waals surface area contributed by atoms with Crippen molar-refractivity contribution in [3.8, 4) is 17.2 Å². The summed E-state index contributed by atoms with van der Waals surface area (Å²) in [6.45, 7) is 17.9. The van der Waals surface area contributed by atoms with E-state index in [-0.39, 0.29) is 0 Å². The van der Waals surface area contributed by atoms with E-state index in [1.165, 1.54) is 0 Å². The van der Waals surface area contributed by atoms with Crippen LogP contribution in [0.4, 0.5) is 0 Å². The highest BCUT2D eigenvalue weighted by molar-refractivity contribution is 6.32. The van der Waals surface area contributed by atoms with Gasteiger partial charge in [-0.25, -0.2) is 0 Å². The Bertz CT molecular complexity index is 1200. The number of phenolic OH excluding ortho intramolecular Hbond substituents is 3. The van der Waals surface area contributed by atoms with Crippen LogP contribution in [0.2, 0.25) is 15.1 Å². The van der Waals surface area contributed by atoms with Gasteiger partial charge < -0.3 is 15.3 Å². The maximum absolute atomic E-state index is 9.66. The molecule has 3 aromatic carbocycles. The lowest BCUT2D eigenvalue weighted by Crippen LogP contribution is -1.92. The van der Waals surface area contributed by atoms with E-state index in [1.807, 2.05) is 60.6 Å². The van der Waals surface area contributed by atoms with Gasteiger partial charge in [-0.2, -0.15) is 0 Å². The number of benzene rings is 3. The standard InChI is InChI=1S/C11H15ClO.2C10H13ClO/c1-4-7(2)9-6-10(12)8(3)5-11(9)13;1-6(2)8-5-9(11)7(3)4-10(8)12;1-4-8-7(3)10(11)6(2)5-9(8)12/h5-7,13H,4H2,1-3H3;4-6,12H,1-3H3;5,12H,4H2,1-3H3. The van der Waals surface area contributed by atoms with Gasteiger partial charge in [0, 0.05) is 15.1 Å². The summed E-state index contributed by atoms with van der Waals surface area (Å²) in [5.74, 6) is 1.72. The molecule has 3 rings (SSSR count). The molecule has 37 heavy (non-hydrogen) atoms. The number of halogens is 3. The van der Waals surface area contributed by atoms with Crippen molar-refractivity contribution in [1.82, 2.24) is 0 Å². The first-order valence-electron chi connectivity index (χ1n) is 12.6. The molecule has 0 aromatic heterocycles. The molecule has 6 heteroatoms. The summed E-state index contributed by atoms with van der Waals surface area (Å²) in [4.78, 5) is 0. The van der Waals surface area contributed by atoms with Gasteiger partial charge in [-0.3, -0.25) is 0 Å². The van der Waals surface area contributed by atoms with Crippen LogP contribution in [0.15, 0.2) is 30.3 Å². The lowest BCUT2D eigenvalue weighted by atomic mass is 9.96. The lowest BCUT2D eigenvalue weighted by molar-refractivity contribution is 0.461. The molecular weight excluding hydrogens is 527 g/mol. The predicted molar refractivity (Wildman–Crippen MR) is 160 cm³/mol. The monoisotopic (exact) mass is 566 g/mol. The van der Waals surface area contributed by atoms with Gasteiger partial charge in [-0.05, 0) is 122 Å². The van der Waals surface area contributed by atoms with Gasteiger partial charge in [0.1, 0.15) is 17.2 Å². The first-order valence-corrected chi connectivity index (χ1v) is 13.7. The average molecular weight is 568 g/mol. The topological polar surface area (TPSA) is 60.7 Å². The fourth-order valence-electron chi connectivity index (χ4n) is 3.86. The number of hydrogen-bond donors (Lipinski definition) is 3. The summed E-state index contributed by atoms with van der Waals surface area (Å²) in [6.07, 6.45) is 1.82. The summed E-state index contributed by atoms with van der Waals surface area (Å²) in [5, 5.41) is 30.9. The molecule has 0 saturated carbocycles. The maximum atomic E-state index is 9.66. The molecule has 1 unspecified atom stereocenters. The van der Waals surface area contributed by atoms with E-state index in [2.05, 4.69) is 13.8 Å². The second-order valence-electron chi connectivity index (χ2n) is 9.77. The Balaban J connectivity index is 0.000000278. The number of hydrogen-bond acceptors (Lipinski definition) is 3. The van der Waals surface area contributed by atoms with Crippen LogP contribution in [-0.2, 0) is 6.42 Å². The molecule has 0 spiro atoms. The summed E-state index contributed by atoms with van der Waals surface area (Å²) < 4.78 is 0. The summed E-state index contributed by atoms with van der Waals surface area (Å²) >= 11 is 17.9. The van der Waals surface area contributed by atoms with Crippen LogP contribution in [0, 0.1) is 27.7 Å². The summed E-state index contributed by atoms with van der Waals surface area (Å²) in [7, 11) is 0. The van der Waals surface area contributed by atoms with Crippen LogP contribution in [-0.4, -0.2) is 15.3 Å². The van der Waals surface area contributed by atoms with Gasteiger partial charge in [0.2, 0.25) is 0 Å². The van der Waals surface area contributed by atoms with Crippen LogP contribution >= 0.6 is 34.8 Å². The maximum Gasteiger partial charge on any atom is 0.119 e. The first kappa shape index (κ1) is 33.0. The molecule has 0 saturated heterocycles. The zero-order valence-corrected chi connectivity index (χ0v) is 25.7. The Morgan fingerprint density at radius 1 is 0.649 bits per heavy atom. The second kappa shape index (κ2) is 14.8. The van der Waals surface area contributed by atoms with Crippen molar-refractivity contribution in [2.75, 3.05) is 0 Å². The fraction of sp³-hybridized carbons (Fsp3) is 0.419. The molecule has 204 valence electrons. The SMILES string of the molecule is CCC(C)c1cc(Cl)c(C)cc1O.CCc1c(O)cc(C)c(Cl)c1C.Cc1cc(O)c(C(C)C)cc1Cl. The van der Waals surface area contributed by atoms with E-state index in [4.69, 9.17) is 34.8 Å². The minimum absolute atomic E-state index is 0.308. The molecule has 3 nitrogen and oxygen atoms in total. The van der Waals surface area contributed by atoms with Crippen molar-refractivity contribution in [3.63, 3.8) is 0 Å². The van der Waals surface area contributed by atoms with Crippen molar-refractivity contribution in [2.24, 2.45) is 0 Å². The summed E-state index contributed by atoms with van der Waals surface area (Å²) in [6, 6.07) is 8.84. The van der Waals surface area contributed by atoms with E-state index >= 15 is 0 Å². The van der Waals surface area contributed by atoms with E-state index < -0.39 is 0 Å². The molecule has 0 fully saturated rings. The van der Waals surface area contributed by atoms with Gasteiger partial charge in [0.15, 0.2) is 0 Å². The third-order valence-corrected chi connectivity index (χ3v) is 7.92. The van der Waals surface area contributed by atoms with Crippen LogP contribution in [0.1, 0.15) is 91.8 Å². The minimum Gasteiger partial charge on any atom is -0.508 e. The molecule has 0 aliphatic carbocycles. The van der Waals surface area contributed by atoms with Crippen molar-refractivity contribution in [3.05, 3.63) is 84.3 Å². The summed E-state index contributed by atoms with van der Waals surface area (Å²) in [5.41, 5.74) is 6.57. The Kier molecular flexibility index (Phi) is 13.1. The van der Waals surface area contributed by atoms with E-state index in [0.717, 1.165) is 66.9 Å². The predicted octanol–water partition coefficient (Wildman–Crippen LogP) is 10.6.